The number of nitrogens with one attached hydrogen (secondary N) is 2. The average molecular weight is 323 g/mol. The van der Waals surface area contributed by atoms with Crippen LogP contribution in [0.5, 0.6) is 0 Å². The number of urea groups is 1. The van der Waals surface area contributed by atoms with Gasteiger partial charge < -0.3 is 10.6 Å². The number of benzene rings is 1. The Bertz CT molecular complexity index is 705. The molecule has 0 bridgehead atoms. The molecule has 2 N–H and O–H groups in total. The van der Waals surface area contributed by atoms with Crippen LogP contribution in [-0.4, -0.2) is 34.8 Å². The molecule has 0 aromatic heterocycles. The van der Waals surface area contributed by atoms with Crippen molar-refractivity contribution in [3.63, 3.8) is 0 Å². The molecule has 0 unspecified atom stereocenters. The van der Waals surface area contributed by atoms with Crippen LogP contribution in [0.2, 0.25) is 0 Å². The maximum Gasteiger partial charge on any atom is 0.325 e. The number of carbonyl (C=O) groups excluding carboxylic acids is 3. The van der Waals surface area contributed by atoms with E-state index in [0.29, 0.717) is 6.07 Å². The molecule has 2 fully saturated rings. The van der Waals surface area contributed by atoms with Crippen LogP contribution >= 0.6 is 0 Å². The van der Waals surface area contributed by atoms with Gasteiger partial charge in [0.25, 0.3) is 5.91 Å². The van der Waals surface area contributed by atoms with E-state index in [1.807, 2.05) is 0 Å². The zero-order valence-corrected chi connectivity index (χ0v) is 12.4. The van der Waals surface area contributed by atoms with Crippen LogP contribution in [0.4, 0.5) is 19.3 Å². The molecule has 0 radical (unpaired) electrons. The lowest BCUT2D eigenvalue weighted by atomic mass is 9.96. The molecule has 1 atom stereocenters. The van der Waals surface area contributed by atoms with Gasteiger partial charge in [0.1, 0.15) is 23.7 Å². The van der Waals surface area contributed by atoms with E-state index in [2.05, 4.69) is 10.6 Å². The predicted octanol–water partition coefficient (Wildman–Crippen LogP) is 1.62. The molecule has 1 aromatic rings. The summed E-state index contributed by atoms with van der Waals surface area (Å²) in [6.07, 6.45) is 1.70. The van der Waals surface area contributed by atoms with Gasteiger partial charge in [-0.05, 0) is 37.8 Å². The van der Waals surface area contributed by atoms with E-state index in [1.165, 1.54) is 0 Å². The van der Waals surface area contributed by atoms with Crippen LogP contribution in [0.3, 0.4) is 0 Å². The standard InChI is InChI=1S/C15H15F2N3O3/c1-15(8-2-3-8)13(22)20(14(23)19-15)7-12(21)18-11-5-4-9(16)6-10(11)17/h4-6,8H,2-3,7H2,1H3,(H,18,21)(H,19,23)/t15-/m1/s1. The van der Waals surface area contributed by atoms with E-state index < -0.39 is 41.6 Å². The van der Waals surface area contributed by atoms with Crippen LogP contribution in [0.15, 0.2) is 18.2 Å². The van der Waals surface area contributed by atoms with Gasteiger partial charge in [0.15, 0.2) is 0 Å². The number of imide groups is 1. The molecular formula is C15H15F2N3O3. The van der Waals surface area contributed by atoms with Gasteiger partial charge in [0, 0.05) is 6.07 Å². The van der Waals surface area contributed by atoms with Crippen molar-refractivity contribution in [3.8, 4) is 0 Å². The van der Waals surface area contributed by atoms with E-state index in [0.717, 1.165) is 29.9 Å². The van der Waals surface area contributed by atoms with Crippen LogP contribution in [-0.2, 0) is 9.59 Å². The van der Waals surface area contributed by atoms with Crippen molar-refractivity contribution in [3.05, 3.63) is 29.8 Å². The number of anilines is 1. The molecule has 23 heavy (non-hydrogen) atoms. The van der Waals surface area contributed by atoms with Gasteiger partial charge in [0.05, 0.1) is 5.69 Å². The topological polar surface area (TPSA) is 78.5 Å². The van der Waals surface area contributed by atoms with Crippen LogP contribution in [0, 0.1) is 17.6 Å². The van der Waals surface area contributed by atoms with E-state index in [1.54, 1.807) is 6.92 Å². The molecule has 1 saturated heterocycles. The third kappa shape index (κ3) is 2.76. The highest BCUT2D eigenvalue weighted by Crippen LogP contribution is 2.42. The summed E-state index contributed by atoms with van der Waals surface area (Å²) in [6.45, 7) is 1.12. The van der Waals surface area contributed by atoms with Crippen LogP contribution in [0.25, 0.3) is 0 Å². The fourth-order valence-corrected chi connectivity index (χ4v) is 2.72. The summed E-state index contributed by atoms with van der Waals surface area (Å²) in [7, 11) is 0. The van der Waals surface area contributed by atoms with Crippen molar-refractivity contribution < 1.29 is 23.2 Å². The summed E-state index contributed by atoms with van der Waals surface area (Å²) in [5.74, 6) is -2.81. The Morgan fingerprint density at radius 1 is 1.39 bits per heavy atom. The summed E-state index contributed by atoms with van der Waals surface area (Å²) < 4.78 is 26.3. The van der Waals surface area contributed by atoms with Crippen molar-refractivity contribution in [2.45, 2.75) is 25.3 Å². The lowest BCUT2D eigenvalue weighted by Gasteiger charge is -2.20. The second kappa shape index (κ2) is 5.29. The van der Waals surface area contributed by atoms with Crippen LogP contribution in [0.1, 0.15) is 19.8 Å². The van der Waals surface area contributed by atoms with E-state index in [4.69, 9.17) is 0 Å². The van der Waals surface area contributed by atoms with Gasteiger partial charge in [-0.3, -0.25) is 14.5 Å². The second-order valence-electron chi connectivity index (χ2n) is 5.97. The number of hydrogen-bond donors (Lipinski definition) is 2. The average Bonchev–Trinajstić information content (AvgIpc) is 3.28. The first kappa shape index (κ1) is 15.4. The summed E-state index contributed by atoms with van der Waals surface area (Å²) in [6, 6.07) is 2.06. The summed E-state index contributed by atoms with van der Waals surface area (Å²) >= 11 is 0. The Morgan fingerprint density at radius 3 is 2.70 bits per heavy atom. The van der Waals surface area contributed by atoms with Gasteiger partial charge in [0.2, 0.25) is 5.91 Å². The van der Waals surface area contributed by atoms with Gasteiger partial charge in [-0.15, -0.1) is 0 Å². The second-order valence-corrected chi connectivity index (χ2v) is 5.97. The molecule has 122 valence electrons. The number of hydrogen-bond acceptors (Lipinski definition) is 3. The predicted molar refractivity (Wildman–Crippen MR) is 76.4 cm³/mol. The highest BCUT2D eigenvalue weighted by molar-refractivity contribution is 6.10. The van der Waals surface area contributed by atoms with Crippen molar-refractivity contribution in [1.82, 2.24) is 10.2 Å². The fraction of sp³-hybridized carbons (Fsp3) is 0.400. The molecule has 1 aliphatic heterocycles. The van der Waals surface area contributed by atoms with E-state index >= 15 is 0 Å². The maximum atomic E-state index is 13.5. The summed E-state index contributed by atoms with van der Waals surface area (Å²) in [5.41, 5.74) is -1.19. The largest absolute Gasteiger partial charge is 0.325 e. The lowest BCUT2D eigenvalue weighted by Crippen LogP contribution is -2.46. The first-order chi connectivity index (χ1) is 10.8. The fourth-order valence-electron chi connectivity index (χ4n) is 2.72. The Hall–Kier alpha value is -2.51. The third-order valence-electron chi connectivity index (χ3n) is 4.20. The lowest BCUT2D eigenvalue weighted by molar-refractivity contribution is -0.134. The molecule has 1 aromatic carbocycles. The first-order valence-corrected chi connectivity index (χ1v) is 7.20. The molecule has 1 saturated carbocycles. The highest BCUT2D eigenvalue weighted by atomic mass is 19.1. The van der Waals surface area contributed by atoms with Crippen molar-refractivity contribution in [1.29, 1.82) is 0 Å². The minimum Gasteiger partial charge on any atom is -0.323 e. The van der Waals surface area contributed by atoms with E-state index in [9.17, 15) is 23.2 Å². The zero-order chi connectivity index (χ0) is 16.8. The van der Waals surface area contributed by atoms with E-state index in [-0.39, 0.29) is 11.6 Å². The molecule has 3 rings (SSSR count). The van der Waals surface area contributed by atoms with Crippen molar-refractivity contribution in [2.75, 3.05) is 11.9 Å². The zero-order valence-electron chi connectivity index (χ0n) is 12.4. The highest BCUT2D eigenvalue weighted by Gasteiger charge is 2.56. The molecule has 2 aliphatic rings. The first-order valence-electron chi connectivity index (χ1n) is 7.20. The Morgan fingerprint density at radius 2 is 2.09 bits per heavy atom. The van der Waals surface area contributed by atoms with Crippen molar-refractivity contribution in [2.24, 2.45) is 5.92 Å². The minimum absolute atomic E-state index is 0.0848. The number of carbonyl (C=O) groups is 3. The SMILES string of the molecule is C[C@]1(C2CC2)NC(=O)N(CC(=O)Nc2ccc(F)cc2F)C1=O. The monoisotopic (exact) mass is 323 g/mol. The molecule has 6 nitrogen and oxygen atoms in total. The number of rotatable bonds is 4. The Balaban J connectivity index is 1.68. The smallest absolute Gasteiger partial charge is 0.323 e. The quantitative estimate of drug-likeness (QED) is 0.827. The minimum atomic E-state index is -0.974. The van der Waals surface area contributed by atoms with Gasteiger partial charge in [-0.25, -0.2) is 13.6 Å². The number of amides is 4. The van der Waals surface area contributed by atoms with Crippen molar-refractivity contribution >= 4 is 23.5 Å². The van der Waals surface area contributed by atoms with Gasteiger partial charge in [-0.1, -0.05) is 0 Å². The molecule has 1 aliphatic carbocycles. The molecular weight excluding hydrogens is 308 g/mol. The number of halogens is 2. The Kier molecular flexibility index (Phi) is 3.54. The third-order valence-corrected chi connectivity index (χ3v) is 4.20. The van der Waals surface area contributed by atoms with Gasteiger partial charge >= 0.3 is 6.03 Å². The Labute approximate surface area is 130 Å². The summed E-state index contributed by atoms with van der Waals surface area (Å²) in [4.78, 5) is 37.0. The molecule has 1 heterocycles. The molecule has 0 spiro atoms. The van der Waals surface area contributed by atoms with Gasteiger partial charge in [-0.2, -0.15) is 0 Å². The number of nitrogens with zero attached hydrogens (tertiary/aromatic N) is 1. The molecule has 8 heteroatoms. The van der Waals surface area contributed by atoms with Crippen LogP contribution < -0.4 is 10.6 Å². The normalized spacial score (nSPS) is 23.9. The maximum absolute atomic E-state index is 13.5. The summed E-state index contributed by atoms with van der Waals surface area (Å²) in [5, 5.41) is 4.84. The molecule has 4 amide bonds.